The van der Waals surface area contributed by atoms with Crippen molar-refractivity contribution < 1.29 is 13.2 Å². The number of anilines is 2. The number of hydrogen-bond donors (Lipinski definition) is 2. The molecule has 2 aromatic rings. The van der Waals surface area contributed by atoms with Crippen molar-refractivity contribution in [2.24, 2.45) is 0 Å². The molecule has 0 unspecified atom stereocenters. The van der Waals surface area contributed by atoms with E-state index in [4.69, 9.17) is 11.6 Å². The molecule has 1 aliphatic rings. The summed E-state index contributed by atoms with van der Waals surface area (Å²) >= 11 is 6.15. The number of nitrogens with zero attached hydrogens (tertiary/aromatic N) is 3. The molecular formula is C13H14ClN5O3S. The van der Waals surface area contributed by atoms with E-state index in [0.717, 1.165) is 6.42 Å². The van der Waals surface area contributed by atoms with Crippen LogP contribution in [0.25, 0.3) is 0 Å². The van der Waals surface area contributed by atoms with Crippen LogP contribution in [0.1, 0.15) is 23.2 Å². The molecule has 0 saturated carbocycles. The minimum Gasteiger partial charge on any atom is -0.291 e. The Labute approximate surface area is 137 Å². The lowest BCUT2D eigenvalue weighted by molar-refractivity contribution is 0.102. The highest BCUT2D eigenvalue weighted by Gasteiger charge is 2.26. The Morgan fingerprint density at radius 3 is 2.83 bits per heavy atom. The third-order valence-corrected chi connectivity index (χ3v) is 5.66. The Morgan fingerprint density at radius 2 is 2.17 bits per heavy atom. The highest BCUT2D eigenvalue weighted by molar-refractivity contribution is 7.92. The van der Waals surface area contributed by atoms with Crippen LogP contribution in [0, 0.1) is 0 Å². The van der Waals surface area contributed by atoms with Crippen molar-refractivity contribution >= 4 is 39.2 Å². The molecule has 0 spiro atoms. The van der Waals surface area contributed by atoms with Crippen molar-refractivity contribution in [3.63, 3.8) is 0 Å². The van der Waals surface area contributed by atoms with Gasteiger partial charge in [0.15, 0.2) is 0 Å². The molecular weight excluding hydrogens is 342 g/mol. The summed E-state index contributed by atoms with van der Waals surface area (Å²) in [6, 6.07) is 4.55. The van der Waals surface area contributed by atoms with Gasteiger partial charge in [0.25, 0.3) is 5.91 Å². The monoisotopic (exact) mass is 355 g/mol. The fourth-order valence-corrected chi connectivity index (χ4v) is 4.25. The van der Waals surface area contributed by atoms with E-state index in [-0.39, 0.29) is 22.3 Å². The average Bonchev–Trinajstić information content (AvgIpc) is 2.99. The lowest BCUT2D eigenvalue weighted by Crippen LogP contribution is -2.37. The van der Waals surface area contributed by atoms with E-state index in [1.807, 2.05) is 0 Å². The first kappa shape index (κ1) is 15.8. The number of rotatable bonds is 3. The van der Waals surface area contributed by atoms with Crippen LogP contribution < -0.4 is 9.62 Å². The van der Waals surface area contributed by atoms with Gasteiger partial charge in [-0.1, -0.05) is 11.6 Å². The van der Waals surface area contributed by atoms with Crippen LogP contribution in [0.2, 0.25) is 5.02 Å². The number of sulfonamides is 1. The number of benzene rings is 1. The summed E-state index contributed by atoms with van der Waals surface area (Å²) in [5.74, 6) is -0.133. The quantitative estimate of drug-likeness (QED) is 0.870. The van der Waals surface area contributed by atoms with Gasteiger partial charge in [-0.25, -0.2) is 13.5 Å². The van der Waals surface area contributed by atoms with Gasteiger partial charge in [-0.3, -0.25) is 14.4 Å². The van der Waals surface area contributed by atoms with Crippen molar-refractivity contribution in [3.05, 3.63) is 35.1 Å². The van der Waals surface area contributed by atoms with Crippen molar-refractivity contribution in [3.8, 4) is 0 Å². The van der Waals surface area contributed by atoms with Gasteiger partial charge in [-0.2, -0.15) is 10.1 Å². The molecule has 1 fully saturated rings. The summed E-state index contributed by atoms with van der Waals surface area (Å²) in [6.07, 6.45) is 2.72. The van der Waals surface area contributed by atoms with E-state index >= 15 is 0 Å². The van der Waals surface area contributed by atoms with Gasteiger partial charge in [0.05, 0.1) is 22.0 Å². The molecule has 122 valence electrons. The minimum absolute atomic E-state index is 0.123. The smallest absolute Gasteiger partial charge is 0.259 e. The van der Waals surface area contributed by atoms with Gasteiger partial charge in [0.2, 0.25) is 16.0 Å². The van der Waals surface area contributed by atoms with Gasteiger partial charge >= 0.3 is 0 Å². The zero-order chi connectivity index (χ0) is 16.4. The second-order valence-electron chi connectivity index (χ2n) is 5.05. The van der Waals surface area contributed by atoms with Crippen LogP contribution in [0.4, 0.5) is 11.6 Å². The van der Waals surface area contributed by atoms with Crippen LogP contribution >= 0.6 is 11.6 Å². The SMILES string of the molecule is O=C(Nc1ncn[nH]1)c1ccc(N2CCCCS2(=O)=O)cc1Cl. The Bertz CT molecular complexity index is 822. The molecule has 2 N–H and O–H groups in total. The summed E-state index contributed by atoms with van der Waals surface area (Å²) in [7, 11) is -3.32. The zero-order valence-corrected chi connectivity index (χ0v) is 13.6. The van der Waals surface area contributed by atoms with Crippen LogP contribution in [0.5, 0.6) is 0 Å². The van der Waals surface area contributed by atoms with Crippen molar-refractivity contribution in [1.82, 2.24) is 15.2 Å². The topological polar surface area (TPSA) is 108 Å². The highest BCUT2D eigenvalue weighted by atomic mass is 35.5. The van der Waals surface area contributed by atoms with Gasteiger partial charge < -0.3 is 0 Å². The highest BCUT2D eigenvalue weighted by Crippen LogP contribution is 2.28. The molecule has 0 radical (unpaired) electrons. The number of halogens is 1. The molecule has 10 heteroatoms. The lowest BCUT2D eigenvalue weighted by Gasteiger charge is -2.28. The number of carbonyl (C=O) groups excluding carboxylic acids is 1. The summed E-state index contributed by atoms with van der Waals surface area (Å²) in [5, 5.41) is 8.81. The van der Waals surface area contributed by atoms with Gasteiger partial charge in [0.1, 0.15) is 6.33 Å². The van der Waals surface area contributed by atoms with E-state index in [9.17, 15) is 13.2 Å². The number of amides is 1. The average molecular weight is 356 g/mol. The maximum absolute atomic E-state index is 12.1. The van der Waals surface area contributed by atoms with Crippen LogP contribution in [0.15, 0.2) is 24.5 Å². The van der Waals surface area contributed by atoms with E-state index in [0.29, 0.717) is 18.7 Å². The summed E-state index contributed by atoms with van der Waals surface area (Å²) in [4.78, 5) is 15.9. The first-order valence-corrected chi connectivity index (χ1v) is 8.93. The lowest BCUT2D eigenvalue weighted by atomic mass is 10.2. The minimum atomic E-state index is -3.32. The number of H-pyrrole nitrogens is 1. The number of carbonyl (C=O) groups is 1. The molecule has 1 aliphatic heterocycles. The van der Waals surface area contributed by atoms with E-state index in [1.54, 1.807) is 6.07 Å². The van der Waals surface area contributed by atoms with Crippen LogP contribution in [-0.4, -0.2) is 41.8 Å². The van der Waals surface area contributed by atoms with Gasteiger partial charge in [-0.15, -0.1) is 0 Å². The molecule has 1 saturated heterocycles. The largest absolute Gasteiger partial charge is 0.291 e. The molecule has 2 heterocycles. The first-order valence-electron chi connectivity index (χ1n) is 6.94. The summed E-state index contributed by atoms with van der Waals surface area (Å²) in [5.41, 5.74) is 0.687. The van der Waals surface area contributed by atoms with Crippen molar-refractivity contribution in [2.75, 3.05) is 21.9 Å². The van der Waals surface area contributed by atoms with Gasteiger partial charge in [0, 0.05) is 6.54 Å². The molecule has 1 aromatic heterocycles. The Hall–Kier alpha value is -2.13. The normalized spacial score (nSPS) is 17.0. The molecule has 1 aromatic carbocycles. The number of nitrogens with one attached hydrogen (secondary N) is 2. The number of aromatic nitrogens is 3. The Morgan fingerprint density at radius 1 is 1.35 bits per heavy atom. The maximum atomic E-state index is 12.1. The predicted octanol–water partition coefficient (Wildman–Crippen LogP) is 1.64. The van der Waals surface area contributed by atoms with E-state index in [1.165, 1.54) is 22.8 Å². The molecule has 0 aliphatic carbocycles. The standard InChI is InChI=1S/C13H14ClN5O3S/c14-11-7-9(19-5-1-2-6-23(19,21)22)3-4-10(11)12(20)17-13-15-8-16-18-13/h3-4,7-8H,1-2,5-6H2,(H2,15,16,17,18,20). The zero-order valence-electron chi connectivity index (χ0n) is 12.0. The van der Waals surface area contributed by atoms with Crippen molar-refractivity contribution in [1.29, 1.82) is 0 Å². The van der Waals surface area contributed by atoms with E-state index in [2.05, 4.69) is 20.5 Å². The number of hydrogen-bond acceptors (Lipinski definition) is 5. The second kappa shape index (κ2) is 6.17. The molecule has 3 rings (SSSR count). The Kier molecular flexibility index (Phi) is 4.22. The fraction of sp³-hybridized carbons (Fsp3) is 0.308. The predicted molar refractivity (Wildman–Crippen MR) is 86.2 cm³/mol. The van der Waals surface area contributed by atoms with Crippen LogP contribution in [0.3, 0.4) is 0 Å². The Balaban J connectivity index is 1.84. The fourth-order valence-electron chi connectivity index (χ4n) is 2.36. The second-order valence-corrected chi connectivity index (χ2v) is 7.47. The molecule has 23 heavy (non-hydrogen) atoms. The molecule has 1 amide bonds. The summed E-state index contributed by atoms with van der Waals surface area (Å²) in [6.45, 7) is 0.419. The molecule has 0 atom stereocenters. The van der Waals surface area contributed by atoms with Crippen molar-refractivity contribution in [2.45, 2.75) is 12.8 Å². The number of aromatic amines is 1. The van der Waals surface area contributed by atoms with E-state index < -0.39 is 15.9 Å². The third-order valence-electron chi connectivity index (χ3n) is 3.48. The maximum Gasteiger partial charge on any atom is 0.259 e. The molecule has 0 bridgehead atoms. The van der Waals surface area contributed by atoms with Crippen LogP contribution in [-0.2, 0) is 10.0 Å². The third kappa shape index (κ3) is 3.30. The summed E-state index contributed by atoms with van der Waals surface area (Å²) < 4.78 is 25.6. The first-order chi connectivity index (χ1) is 11.0. The molecule has 8 nitrogen and oxygen atoms in total. The van der Waals surface area contributed by atoms with Gasteiger partial charge in [-0.05, 0) is 31.0 Å².